The van der Waals surface area contributed by atoms with Gasteiger partial charge in [-0.15, -0.1) is 0 Å². The molecule has 2 aliphatic rings. The Bertz CT molecular complexity index is 572. The van der Waals surface area contributed by atoms with Crippen molar-refractivity contribution >= 4 is 5.69 Å². The molecule has 0 aromatic heterocycles. The van der Waals surface area contributed by atoms with Crippen molar-refractivity contribution in [1.29, 1.82) is 0 Å². The van der Waals surface area contributed by atoms with Crippen LogP contribution in [0.4, 0.5) is 5.69 Å². The fraction of sp³-hybridized carbons (Fsp3) is 0.368. The van der Waals surface area contributed by atoms with Crippen LogP contribution in [0.5, 0.6) is 0 Å². The molecule has 3 unspecified atom stereocenters. The van der Waals surface area contributed by atoms with E-state index in [0.717, 1.165) is 17.9 Å². The molecule has 102 valence electrons. The van der Waals surface area contributed by atoms with Gasteiger partial charge in [0.15, 0.2) is 0 Å². The molecule has 20 heavy (non-hydrogen) atoms. The summed E-state index contributed by atoms with van der Waals surface area (Å²) in [6, 6.07) is 20.2. The Morgan fingerprint density at radius 2 is 1.50 bits per heavy atom. The van der Waals surface area contributed by atoms with Crippen molar-refractivity contribution in [2.24, 2.45) is 11.8 Å². The molecule has 0 radical (unpaired) electrons. The molecule has 0 heterocycles. The number of nitrogens with one attached hydrogen (secondary N) is 1. The second-order valence-electron chi connectivity index (χ2n) is 6.37. The van der Waals surface area contributed by atoms with Crippen LogP contribution in [0, 0.1) is 11.8 Å². The zero-order valence-electron chi connectivity index (χ0n) is 11.8. The van der Waals surface area contributed by atoms with Crippen LogP contribution in [0.1, 0.15) is 25.7 Å². The predicted octanol–water partition coefficient (Wildman–Crippen LogP) is 4.95. The summed E-state index contributed by atoms with van der Waals surface area (Å²) in [7, 11) is 0. The van der Waals surface area contributed by atoms with Crippen molar-refractivity contribution in [3.63, 3.8) is 0 Å². The first-order valence-electron chi connectivity index (χ1n) is 7.80. The molecule has 0 amide bonds. The highest BCUT2D eigenvalue weighted by Gasteiger charge is 2.39. The molecule has 1 heteroatoms. The fourth-order valence-electron chi connectivity index (χ4n) is 4.03. The second-order valence-corrected chi connectivity index (χ2v) is 6.37. The first kappa shape index (κ1) is 12.0. The van der Waals surface area contributed by atoms with Gasteiger partial charge in [0.05, 0.1) is 0 Å². The van der Waals surface area contributed by atoms with E-state index in [9.17, 15) is 0 Å². The summed E-state index contributed by atoms with van der Waals surface area (Å²) in [6.07, 6.45) is 5.74. The van der Waals surface area contributed by atoms with Gasteiger partial charge in [-0.25, -0.2) is 0 Å². The summed E-state index contributed by atoms with van der Waals surface area (Å²) in [4.78, 5) is 0. The monoisotopic (exact) mass is 263 g/mol. The molecule has 1 nitrogen and oxygen atoms in total. The van der Waals surface area contributed by atoms with Gasteiger partial charge in [0.25, 0.3) is 0 Å². The lowest BCUT2D eigenvalue weighted by Gasteiger charge is -2.24. The van der Waals surface area contributed by atoms with Crippen molar-refractivity contribution in [2.75, 3.05) is 5.32 Å². The van der Waals surface area contributed by atoms with Crippen LogP contribution in [0.15, 0.2) is 54.6 Å². The summed E-state index contributed by atoms with van der Waals surface area (Å²) in [5.74, 6) is 1.93. The molecule has 0 spiro atoms. The van der Waals surface area contributed by atoms with Gasteiger partial charge >= 0.3 is 0 Å². The lowest BCUT2D eigenvalue weighted by atomic mass is 9.95. The Balaban J connectivity index is 1.48. The van der Waals surface area contributed by atoms with Crippen molar-refractivity contribution in [2.45, 2.75) is 31.7 Å². The van der Waals surface area contributed by atoms with E-state index in [4.69, 9.17) is 0 Å². The van der Waals surface area contributed by atoms with E-state index in [1.807, 2.05) is 0 Å². The lowest BCUT2D eigenvalue weighted by molar-refractivity contribution is 0.440. The molecule has 4 rings (SSSR count). The summed E-state index contributed by atoms with van der Waals surface area (Å²) in [5.41, 5.74) is 3.87. The minimum absolute atomic E-state index is 0.719. The van der Waals surface area contributed by atoms with Crippen LogP contribution in [0.25, 0.3) is 11.1 Å². The molecular weight excluding hydrogens is 242 g/mol. The van der Waals surface area contributed by atoms with Crippen LogP contribution in [-0.4, -0.2) is 6.04 Å². The first-order valence-corrected chi connectivity index (χ1v) is 7.80. The Kier molecular flexibility index (Phi) is 2.99. The Morgan fingerprint density at radius 1 is 0.750 bits per heavy atom. The molecule has 2 aromatic rings. The third kappa shape index (κ3) is 2.22. The number of hydrogen-bond donors (Lipinski definition) is 1. The van der Waals surface area contributed by atoms with Gasteiger partial charge in [-0.3, -0.25) is 0 Å². The standard InChI is InChI=1S/C19H21N/c1-2-4-15(5-3-1)16-8-10-18(11-9-16)20-19-13-14-6-7-17(19)12-14/h1-5,8-11,14,17,19-20H,6-7,12-13H2. The smallest absolute Gasteiger partial charge is 0.0342 e. The van der Waals surface area contributed by atoms with Crippen LogP contribution in [0.3, 0.4) is 0 Å². The summed E-state index contributed by atoms with van der Waals surface area (Å²) >= 11 is 0. The van der Waals surface area contributed by atoms with Crippen molar-refractivity contribution in [3.05, 3.63) is 54.6 Å². The molecule has 3 atom stereocenters. The zero-order chi connectivity index (χ0) is 13.4. The molecule has 1 N–H and O–H groups in total. The minimum atomic E-state index is 0.719. The Hall–Kier alpha value is -1.76. The molecule has 0 saturated heterocycles. The van der Waals surface area contributed by atoms with Crippen LogP contribution < -0.4 is 5.32 Å². The molecular formula is C19H21N. The van der Waals surface area contributed by atoms with E-state index in [0.29, 0.717) is 0 Å². The maximum absolute atomic E-state index is 3.75. The summed E-state index contributed by atoms with van der Waals surface area (Å²) < 4.78 is 0. The van der Waals surface area contributed by atoms with Gasteiger partial charge in [-0.1, -0.05) is 48.9 Å². The third-order valence-corrected chi connectivity index (χ3v) is 5.08. The van der Waals surface area contributed by atoms with E-state index in [1.165, 1.54) is 42.5 Å². The van der Waals surface area contributed by atoms with Crippen LogP contribution in [0.2, 0.25) is 0 Å². The van der Waals surface area contributed by atoms with E-state index in [2.05, 4.69) is 59.9 Å². The van der Waals surface area contributed by atoms with Crippen LogP contribution >= 0.6 is 0 Å². The number of rotatable bonds is 3. The predicted molar refractivity (Wildman–Crippen MR) is 84.7 cm³/mol. The average molecular weight is 263 g/mol. The minimum Gasteiger partial charge on any atom is -0.382 e. The van der Waals surface area contributed by atoms with E-state index >= 15 is 0 Å². The van der Waals surface area contributed by atoms with E-state index in [1.54, 1.807) is 0 Å². The maximum Gasteiger partial charge on any atom is 0.0342 e. The summed E-state index contributed by atoms with van der Waals surface area (Å²) in [6.45, 7) is 0. The van der Waals surface area contributed by atoms with Gasteiger partial charge in [-0.2, -0.15) is 0 Å². The first-order chi connectivity index (χ1) is 9.88. The second kappa shape index (κ2) is 4.97. The van der Waals surface area contributed by atoms with Gasteiger partial charge in [-0.05, 0) is 54.4 Å². The average Bonchev–Trinajstić information content (AvgIpc) is 3.12. The summed E-state index contributed by atoms with van der Waals surface area (Å²) in [5, 5.41) is 3.75. The van der Waals surface area contributed by atoms with Gasteiger partial charge < -0.3 is 5.32 Å². The van der Waals surface area contributed by atoms with Crippen molar-refractivity contribution in [1.82, 2.24) is 0 Å². The highest BCUT2D eigenvalue weighted by molar-refractivity contribution is 5.66. The largest absolute Gasteiger partial charge is 0.382 e. The molecule has 2 bridgehead atoms. The van der Waals surface area contributed by atoms with Crippen LogP contribution in [-0.2, 0) is 0 Å². The maximum atomic E-state index is 3.75. The number of benzene rings is 2. The molecule has 0 aliphatic heterocycles. The molecule has 2 aliphatic carbocycles. The fourth-order valence-corrected chi connectivity index (χ4v) is 4.03. The lowest BCUT2D eigenvalue weighted by Crippen LogP contribution is -2.25. The quantitative estimate of drug-likeness (QED) is 0.825. The number of anilines is 1. The topological polar surface area (TPSA) is 12.0 Å². The Morgan fingerprint density at radius 3 is 2.15 bits per heavy atom. The number of fused-ring (bicyclic) bond motifs is 2. The SMILES string of the molecule is c1ccc(-c2ccc(NC3CC4CCC3C4)cc2)cc1. The van der Waals surface area contributed by atoms with Crippen molar-refractivity contribution < 1.29 is 0 Å². The van der Waals surface area contributed by atoms with Gasteiger partial charge in [0.2, 0.25) is 0 Å². The Labute approximate surface area is 121 Å². The van der Waals surface area contributed by atoms with Gasteiger partial charge in [0.1, 0.15) is 0 Å². The normalized spacial score (nSPS) is 27.7. The third-order valence-electron chi connectivity index (χ3n) is 5.08. The van der Waals surface area contributed by atoms with Gasteiger partial charge in [0, 0.05) is 11.7 Å². The number of hydrogen-bond acceptors (Lipinski definition) is 1. The molecule has 2 fully saturated rings. The van der Waals surface area contributed by atoms with E-state index < -0.39 is 0 Å². The van der Waals surface area contributed by atoms with E-state index in [-0.39, 0.29) is 0 Å². The molecule has 2 aromatic carbocycles. The highest BCUT2D eigenvalue weighted by Crippen LogP contribution is 2.45. The molecule has 2 saturated carbocycles. The highest BCUT2D eigenvalue weighted by atomic mass is 14.9. The zero-order valence-corrected chi connectivity index (χ0v) is 11.8. The van der Waals surface area contributed by atoms with Crippen molar-refractivity contribution in [3.8, 4) is 11.1 Å².